The number of fused-ring (bicyclic) bond motifs is 1. The number of rotatable bonds is 3. The number of aryl methyl sites for hydroxylation is 1. The fourth-order valence-corrected chi connectivity index (χ4v) is 3.73. The molecule has 1 amide bonds. The summed E-state index contributed by atoms with van der Waals surface area (Å²) in [5, 5.41) is 3.96. The Morgan fingerprint density at radius 3 is 3.04 bits per heavy atom. The van der Waals surface area contributed by atoms with Crippen LogP contribution in [0.4, 0.5) is 5.69 Å². The summed E-state index contributed by atoms with van der Waals surface area (Å²) in [6, 6.07) is 10.3. The minimum Gasteiger partial charge on any atom is -0.362 e. The topological polar surface area (TPSA) is 49.6 Å². The van der Waals surface area contributed by atoms with E-state index < -0.39 is 0 Å². The highest BCUT2D eigenvalue weighted by atomic mass is 16.5. The summed E-state index contributed by atoms with van der Waals surface area (Å²) >= 11 is 0. The number of hydrogen-bond donors (Lipinski definition) is 0. The van der Waals surface area contributed by atoms with E-state index in [9.17, 15) is 4.79 Å². The lowest BCUT2D eigenvalue weighted by atomic mass is 10.1. The number of para-hydroxylation sites is 1. The number of aromatic nitrogens is 1. The molecule has 1 aromatic heterocycles. The normalized spacial score (nSPS) is 20.1. The molecule has 0 spiro atoms. The van der Waals surface area contributed by atoms with Gasteiger partial charge >= 0.3 is 0 Å². The molecule has 1 saturated heterocycles. The molecular formula is C18H21N3O2. The monoisotopic (exact) mass is 311 g/mol. The number of amides is 1. The van der Waals surface area contributed by atoms with Crippen molar-refractivity contribution in [3.8, 4) is 0 Å². The molecule has 2 aliphatic heterocycles. The molecule has 0 bridgehead atoms. The highest BCUT2D eigenvalue weighted by molar-refractivity contribution is 5.83. The summed E-state index contributed by atoms with van der Waals surface area (Å²) in [6.45, 7) is 4.08. The number of nitrogens with zero attached hydrogens (tertiary/aromatic N) is 3. The first-order valence-corrected chi connectivity index (χ1v) is 8.28. The van der Waals surface area contributed by atoms with E-state index in [2.05, 4.69) is 28.3 Å². The highest BCUT2D eigenvalue weighted by Gasteiger charge is 2.34. The van der Waals surface area contributed by atoms with Crippen LogP contribution < -0.4 is 4.90 Å². The standard InChI is InChI=1S/C18H21N3O2/c1-13-11-17(23-19-13)16-7-4-9-21(16)18(22)12-20-10-8-14-5-2-3-6-15(14)20/h2-3,5-6,11,16H,4,7-10,12H2,1H3/t16-/m0/s1. The summed E-state index contributed by atoms with van der Waals surface area (Å²) in [5.41, 5.74) is 3.41. The molecule has 0 N–H and O–H groups in total. The lowest BCUT2D eigenvalue weighted by Gasteiger charge is -2.26. The summed E-state index contributed by atoms with van der Waals surface area (Å²) in [5.74, 6) is 0.994. The van der Waals surface area contributed by atoms with E-state index in [1.54, 1.807) is 0 Å². The quantitative estimate of drug-likeness (QED) is 0.874. The van der Waals surface area contributed by atoms with Gasteiger partial charge in [-0.25, -0.2) is 0 Å². The Morgan fingerprint density at radius 1 is 1.35 bits per heavy atom. The summed E-state index contributed by atoms with van der Waals surface area (Å²) in [7, 11) is 0. The first kappa shape index (κ1) is 14.3. The lowest BCUT2D eigenvalue weighted by molar-refractivity contribution is -0.131. The van der Waals surface area contributed by atoms with Gasteiger partial charge in [-0.3, -0.25) is 4.79 Å². The van der Waals surface area contributed by atoms with Crippen molar-refractivity contribution in [2.24, 2.45) is 0 Å². The molecule has 2 aromatic rings. The lowest BCUT2D eigenvalue weighted by Crippen LogP contribution is -2.39. The maximum Gasteiger partial charge on any atom is 0.242 e. The van der Waals surface area contributed by atoms with Crippen LogP contribution in [0.25, 0.3) is 0 Å². The Balaban J connectivity index is 1.49. The predicted molar refractivity (Wildman–Crippen MR) is 87.3 cm³/mol. The van der Waals surface area contributed by atoms with Crippen LogP contribution >= 0.6 is 0 Å². The Morgan fingerprint density at radius 2 is 2.22 bits per heavy atom. The number of hydrogen-bond acceptors (Lipinski definition) is 4. The highest BCUT2D eigenvalue weighted by Crippen LogP contribution is 2.33. The third-order valence-electron chi connectivity index (χ3n) is 4.86. The van der Waals surface area contributed by atoms with Gasteiger partial charge < -0.3 is 14.3 Å². The molecule has 1 aromatic carbocycles. The SMILES string of the molecule is Cc1cc([C@@H]2CCCN2C(=O)CN2CCc3ccccc32)on1. The molecule has 120 valence electrons. The van der Waals surface area contributed by atoms with E-state index in [4.69, 9.17) is 4.52 Å². The van der Waals surface area contributed by atoms with E-state index in [-0.39, 0.29) is 11.9 Å². The van der Waals surface area contributed by atoms with E-state index in [0.29, 0.717) is 6.54 Å². The van der Waals surface area contributed by atoms with Crippen LogP contribution in [0.1, 0.15) is 35.9 Å². The zero-order valence-electron chi connectivity index (χ0n) is 13.4. The van der Waals surface area contributed by atoms with Crippen LogP contribution in [0.5, 0.6) is 0 Å². The third kappa shape index (κ3) is 2.60. The van der Waals surface area contributed by atoms with Crippen LogP contribution in [0, 0.1) is 6.92 Å². The van der Waals surface area contributed by atoms with Gasteiger partial charge in [-0.1, -0.05) is 23.4 Å². The molecule has 5 nitrogen and oxygen atoms in total. The Bertz CT molecular complexity index is 725. The van der Waals surface area contributed by atoms with Gasteiger partial charge in [0.2, 0.25) is 5.91 Å². The molecule has 4 rings (SSSR count). The summed E-state index contributed by atoms with van der Waals surface area (Å²) in [4.78, 5) is 17.0. The Labute approximate surface area is 135 Å². The van der Waals surface area contributed by atoms with Crippen molar-refractivity contribution in [1.82, 2.24) is 10.1 Å². The maximum absolute atomic E-state index is 12.8. The van der Waals surface area contributed by atoms with E-state index in [1.165, 1.54) is 11.3 Å². The van der Waals surface area contributed by atoms with Crippen molar-refractivity contribution < 1.29 is 9.32 Å². The first-order valence-electron chi connectivity index (χ1n) is 8.28. The number of carbonyl (C=O) groups is 1. The second kappa shape index (κ2) is 5.72. The molecule has 1 fully saturated rings. The van der Waals surface area contributed by atoms with Crippen LogP contribution in [0.15, 0.2) is 34.9 Å². The van der Waals surface area contributed by atoms with E-state index >= 15 is 0 Å². The summed E-state index contributed by atoms with van der Waals surface area (Å²) < 4.78 is 5.40. The van der Waals surface area contributed by atoms with Gasteiger partial charge in [0.25, 0.3) is 0 Å². The molecule has 5 heteroatoms. The van der Waals surface area contributed by atoms with Gasteiger partial charge in [-0.05, 0) is 37.8 Å². The van der Waals surface area contributed by atoms with Crippen LogP contribution in [0.2, 0.25) is 0 Å². The van der Waals surface area contributed by atoms with Crippen molar-refractivity contribution >= 4 is 11.6 Å². The smallest absolute Gasteiger partial charge is 0.242 e. The van der Waals surface area contributed by atoms with Gasteiger partial charge in [0, 0.05) is 24.8 Å². The molecule has 0 aliphatic carbocycles. The molecule has 2 aliphatic rings. The first-order chi connectivity index (χ1) is 11.2. The molecule has 3 heterocycles. The number of anilines is 1. The minimum absolute atomic E-state index is 0.0431. The fourth-order valence-electron chi connectivity index (χ4n) is 3.73. The van der Waals surface area contributed by atoms with Gasteiger partial charge in [0.05, 0.1) is 18.3 Å². The van der Waals surface area contributed by atoms with Gasteiger partial charge in [0.15, 0.2) is 5.76 Å². The largest absolute Gasteiger partial charge is 0.362 e. The van der Waals surface area contributed by atoms with Gasteiger partial charge in [0.1, 0.15) is 0 Å². The average molecular weight is 311 g/mol. The Kier molecular flexibility index (Phi) is 3.56. The van der Waals surface area contributed by atoms with Crippen molar-refractivity contribution in [3.05, 3.63) is 47.3 Å². The predicted octanol–water partition coefficient (Wildman–Crippen LogP) is 2.71. The molecule has 0 radical (unpaired) electrons. The zero-order valence-corrected chi connectivity index (χ0v) is 13.4. The van der Waals surface area contributed by atoms with Crippen molar-refractivity contribution in [2.75, 3.05) is 24.5 Å². The maximum atomic E-state index is 12.8. The van der Waals surface area contributed by atoms with Crippen molar-refractivity contribution in [3.63, 3.8) is 0 Å². The minimum atomic E-state index is 0.0431. The number of benzene rings is 1. The zero-order chi connectivity index (χ0) is 15.8. The molecule has 1 atom stereocenters. The van der Waals surface area contributed by atoms with E-state index in [1.807, 2.05) is 24.0 Å². The number of carbonyl (C=O) groups excluding carboxylic acids is 1. The third-order valence-corrected chi connectivity index (χ3v) is 4.86. The molecule has 0 saturated carbocycles. The summed E-state index contributed by atoms with van der Waals surface area (Å²) in [6.07, 6.45) is 3.00. The van der Waals surface area contributed by atoms with Gasteiger partial charge in [-0.15, -0.1) is 0 Å². The van der Waals surface area contributed by atoms with Crippen LogP contribution in [0.3, 0.4) is 0 Å². The number of likely N-dealkylation sites (tertiary alicyclic amines) is 1. The van der Waals surface area contributed by atoms with Crippen molar-refractivity contribution in [2.45, 2.75) is 32.2 Å². The molecule has 23 heavy (non-hydrogen) atoms. The van der Waals surface area contributed by atoms with Gasteiger partial charge in [-0.2, -0.15) is 0 Å². The Hall–Kier alpha value is -2.30. The van der Waals surface area contributed by atoms with E-state index in [0.717, 1.165) is 43.8 Å². The van der Waals surface area contributed by atoms with Crippen LogP contribution in [-0.4, -0.2) is 35.6 Å². The average Bonchev–Trinajstić information content (AvgIpc) is 3.26. The molecular weight excluding hydrogens is 290 g/mol. The molecule has 0 unspecified atom stereocenters. The van der Waals surface area contributed by atoms with Crippen LogP contribution in [-0.2, 0) is 11.2 Å². The van der Waals surface area contributed by atoms with Crippen molar-refractivity contribution in [1.29, 1.82) is 0 Å². The second-order valence-electron chi connectivity index (χ2n) is 6.42. The second-order valence-corrected chi connectivity index (χ2v) is 6.42. The fraction of sp³-hybridized carbons (Fsp3) is 0.444.